The van der Waals surface area contributed by atoms with Crippen LogP contribution in [-0.4, -0.2) is 0 Å². The summed E-state index contributed by atoms with van der Waals surface area (Å²) in [7, 11) is 0. The minimum Gasteiger partial charge on any atom is -0.0951 e. The highest BCUT2D eigenvalue weighted by Crippen LogP contribution is 2.29. The van der Waals surface area contributed by atoms with Crippen LogP contribution in [-0.2, 0) is 6.42 Å². The summed E-state index contributed by atoms with van der Waals surface area (Å²) in [6, 6.07) is 8.54. The molecule has 1 fully saturated rings. The molecular formula is C23H28. The first-order chi connectivity index (χ1) is 11.3. The Labute approximate surface area is 142 Å². The van der Waals surface area contributed by atoms with Crippen LogP contribution in [0.5, 0.6) is 0 Å². The lowest BCUT2D eigenvalue weighted by Crippen LogP contribution is -2.12. The summed E-state index contributed by atoms with van der Waals surface area (Å²) in [5, 5.41) is 0. The predicted octanol–water partition coefficient (Wildman–Crippen LogP) is 5.77. The lowest BCUT2D eigenvalue weighted by molar-refractivity contribution is 0.309. The third kappa shape index (κ3) is 6.38. The molecule has 120 valence electrons. The zero-order valence-electron chi connectivity index (χ0n) is 14.6. The Balaban J connectivity index is 1.78. The highest BCUT2D eigenvalue weighted by molar-refractivity contribution is 5.39. The Morgan fingerprint density at radius 1 is 0.957 bits per heavy atom. The van der Waals surface area contributed by atoms with E-state index in [2.05, 4.69) is 61.8 Å². The van der Waals surface area contributed by atoms with Crippen molar-refractivity contribution in [3.63, 3.8) is 0 Å². The topological polar surface area (TPSA) is 0 Å². The van der Waals surface area contributed by atoms with Gasteiger partial charge in [0.2, 0.25) is 0 Å². The molecule has 1 aliphatic rings. The van der Waals surface area contributed by atoms with Gasteiger partial charge >= 0.3 is 0 Å². The zero-order valence-corrected chi connectivity index (χ0v) is 14.6. The third-order valence-corrected chi connectivity index (χ3v) is 4.67. The standard InChI is InChI=1S/C23H28/c1-3-9-21-16-18-23(19-17-21)11-8-6-5-7-10-22-14-12-20(4-2)13-15-22/h5-6,16-20,22H,3-4,9,12-15H2,1-2H3/b6-5+/t20-,22-. The van der Waals surface area contributed by atoms with Gasteiger partial charge in [0, 0.05) is 11.5 Å². The fraction of sp³-hybridized carbons (Fsp3) is 0.478. The zero-order chi connectivity index (χ0) is 16.3. The molecule has 0 spiro atoms. The summed E-state index contributed by atoms with van der Waals surface area (Å²) >= 11 is 0. The minimum absolute atomic E-state index is 0.599. The maximum atomic E-state index is 3.38. The van der Waals surface area contributed by atoms with Crippen LogP contribution in [0, 0.1) is 35.5 Å². The van der Waals surface area contributed by atoms with Gasteiger partial charge in [-0.3, -0.25) is 0 Å². The highest BCUT2D eigenvalue weighted by Gasteiger charge is 2.17. The Kier molecular flexibility index (Phi) is 7.56. The molecule has 0 aromatic heterocycles. The second-order valence-corrected chi connectivity index (χ2v) is 6.46. The lowest BCUT2D eigenvalue weighted by atomic mass is 9.81. The SMILES string of the molecule is CCCc1ccc(C#C/C=C/C#C[C@H]2CC[C@H](CC)CC2)cc1. The summed E-state index contributed by atoms with van der Waals surface area (Å²) in [5.41, 5.74) is 2.46. The monoisotopic (exact) mass is 304 g/mol. The predicted molar refractivity (Wildman–Crippen MR) is 100.0 cm³/mol. The van der Waals surface area contributed by atoms with Gasteiger partial charge in [-0.25, -0.2) is 0 Å². The van der Waals surface area contributed by atoms with E-state index in [4.69, 9.17) is 0 Å². The molecule has 0 nitrogen and oxygen atoms in total. The second kappa shape index (κ2) is 9.97. The van der Waals surface area contributed by atoms with Crippen molar-refractivity contribution in [1.29, 1.82) is 0 Å². The Morgan fingerprint density at radius 3 is 2.30 bits per heavy atom. The van der Waals surface area contributed by atoms with Crippen LogP contribution in [0.2, 0.25) is 0 Å². The number of allylic oxidation sites excluding steroid dienone is 2. The van der Waals surface area contributed by atoms with Crippen LogP contribution in [0.3, 0.4) is 0 Å². The van der Waals surface area contributed by atoms with Crippen LogP contribution < -0.4 is 0 Å². The molecule has 0 atom stereocenters. The summed E-state index contributed by atoms with van der Waals surface area (Å²) in [6.45, 7) is 4.50. The van der Waals surface area contributed by atoms with Crippen LogP contribution in [0.15, 0.2) is 36.4 Å². The number of hydrogen-bond acceptors (Lipinski definition) is 0. The normalized spacial score (nSPS) is 20.4. The van der Waals surface area contributed by atoms with E-state index in [1.807, 2.05) is 12.2 Å². The molecular weight excluding hydrogens is 276 g/mol. The first kappa shape index (κ1) is 17.4. The van der Waals surface area contributed by atoms with Crippen LogP contribution in [0.25, 0.3) is 0 Å². The lowest BCUT2D eigenvalue weighted by Gasteiger charge is -2.24. The van der Waals surface area contributed by atoms with E-state index in [1.54, 1.807) is 0 Å². The summed E-state index contributed by atoms with van der Waals surface area (Å²) < 4.78 is 0. The molecule has 0 bridgehead atoms. The fourth-order valence-electron chi connectivity index (χ4n) is 3.13. The molecule has 1 aliphatic carbocycles. The average molecular weight is 304 g/mol. The van der Waals surface area contributed by atoms with Crippen LogP contribution in [0.4, 0.5) is 0 Å². The molecule has 0 aliphatic heterocycles. The number of aryl methyl sites for hydroxylation is 1. The van der Waals surface area contributed by atoms with Crippen molar-refractivity contribution < 1.29 is 0 Å². The molecule has 0 amide bonds. The molecule has 0 unspecified atom stereocenters. The van der Waals surface area contributed by atoms with E-state index in [0.29, 0.717) is 5.92 Å². The van der Waals surface area contributed by atoms with E-state index in [0.717, 1.165) is 17.9 Å². The van der Waals surface area contributed by atoms with E-state index < -0.39 is 0 Å². The quantitative estimate of drug-likeness (QED) is 0.622. The Bertz CT molecular complexity index is 602. The molecule has 1 aromatic rings. The molecule has 1 saturated carbocycles. The van der Waals surface area contributed by atoms with Crippen LogP contribution >= 0.6 is 0 Å². The van der Waals surface area contributed by atoms with E-state index in [9.17, 15) is 0 Å². The summed E-state index contributed by atoms with van der Waals surface area (Å²) in [6.07, 6.45) is 12.7. The highest BCUT2D eigenvalue weighted by atomic mass is 14.2. The molecule has 0 saturated heterocycles. The van der Waals surface area contributed by atoms with Gasteiger partial charge in [-0.2, -0.15) is 0 Å². The second-order valence-electron chi connectivity index (χ2n) is 6.46. The van der Waals surface area contributed by atoms with Crippen LogP contribution in [0.1, 0.15) is 63.5 Å². The summed E-state index contributed by atoms with van der Waals surface area (Å²) in [5.74, 6) is 14.3. The van der Waals surface area contributed by atoms with Gasteiger partial charge in [0.05, 0.1) is 0 Å². The molecule has 0 radical (unpaired) electrons. The van der Waals surface area contributed by atoms with Gasteiger partial charge in [0.25, 0.3) is 0 Å². The largest absolute Gasteiger partial charge is 0.0951 e. The molecule has 0 heteroatoms. The van der Waals surface area contributed by atoms with E-state index >= 15 is 0 Å². The van der Waals surface area contributed by atoms with Crippen molar-refractivity contribution >= 4 is 0 Å². The van der Waals surface area contributed by atoms with Crippen molar-refractivity contribution in [2.24, 2.45) is 11.8 Å². The molecule has 0 heterocycles. The van der Waals surface area contributed by atoms with Gasteiger partial charge in [-0.1, -0.05) is 62.5 Å². The fourth-order valence-corrected chi connectivity index (χ4v) is 3.13. The Hall–Kier alpha value is -1.92. The first-order valence-electron chi connectivity index (χ1n) is 9.08. The van der Waals surface area contributed by atoms with E-state index in [1.165, 1.54) is 44.1 Å². The Morgan fingerprint density at radius 2 is 1.65 bits per heavy atom. The maximum Gasteiger partial charge on any atom is 0.0249 e. The van der Waals surface area contributed by atoms with Crippen molar-refractivity contribution in [3.8, 4) is 23.7 Å². The first-order valence-corrected chi connectivity index (χ1v) is 9.08. The third-order valence-electron chi connectivity index (χ3n) is 4.67. The van der Waals surface area contributed by atoms with Gasteiger partial charge < -0.3 is 0 Å². The molecule has 2 rings (SSSR count). The average Bonchev–Trinajstić information content (AvgIpc) is 2.60. The number of rotatable bonds is 3. The molecule has 1 aromatic carbocycles. The van der Waals surface area contributed by atoms with Gasteiger partial charge in [-0.15, -0.1) is 0 Å². The van der Waals surface area contributed by atoms with E-state index in [-0.39, 0.29) is 0 Å². The smallest absolute Gasteiger partial charge is 0.0249 e. The van der Waals surface area contributed by atoms with Crippen molar-refractivity contribution in [3.05, 3.63) is 47.5 Å². The number of hydrogen-bond donors (Lipinski definition) is 0. The molecule has 0 N–H and O–H groups in total. The number of benzene rings is 1. The van der Waals surface area contributed by atoms with Crippen molar-refractivity contribution in [1.82, 2.24) is 0 Å². The van der Waals surface area contributed by atoms with Gasteiger partial charge in [0.1, 0.15) is 0 Å². The maximum absolute atomic E-state index is 3.38. The molecule has 23 heavy (non-hydrogen) atoms. The van der Waals surface area contributed by atoms with Crippen molar-refractivity contribution in [2.45, 2.75) is 58.8 Å². The minimum atomic E-state index is 0.599. The van der Waals surface area contributed by atoms with Gasteiger partial charge in [0.15, 0.2) is 0 Å². The van der Waals surface area contributed by atoms with Gasteiger partial charge in [-0.05, 0) is 67.9 Å². The van der Waals surface area contributed by atoms with Crippen molar-refractivity contribution in [2.75, 3.05) is 0 Å². The summed E-state index contributed by atoms with van der Waals surface area (Å²) in [4.78, 5) is 0.